The zero-order chi connectivity index (χ0) is 93.4. The van der Waals surface area contributed by atoms with Crippen molar-refractivity contribution in [1.82, 2.24) is 103 Å². The molecule has 0 bridgehead atoms. The van der Waals surface area contributed by atoms with E-state index in [2.05, 4.69) is 78.7 Å². The number of morpholine rings is 1. The number of aromatic hydroxyl groups is 1. The summed E-state index contributed by atoms with van der Waals surface area (Å²) in [5, 5.41) is 73.4. The Labute approximate surface area is 747 Å². The molecule has 0 aliphatic carbocycles. The maximum atomic E-state index is 15.6. The second-order valence-corrected chi connectivity index (χ2v) is 34.2. The van der Waals surface area contributed by atoms with Gasteiger partial charge in [-0.15, -0.1) is 16.9 Å². The second-order valence-electron chi connectivity index (χ2n) is 33.1. The fourth-order valence-corrected chi connectivity index (χ4v) is 17.2. The summed E-state index contributed by atoms with van der Waals surface area (Å²) in [5.74, 6) is -16.3. The molecule has 3 saturated heterocycles. The third kappa shape index (κ3) is 25.9. The summed E-state index contributed by atoms with van der Waals surface area (Å²) in [6.45, 7) is 4.76. The molecular weight excluding hydrogens is 1700 g/mol. The number of aromatic nitrogens is 6. The number of H-pyrrole nitrogens is 2. The number of primary amides is 2. The smallest absolute Gasteiger partial charge is 0.248 e. The molecule has 21 N–H and O–H groups in total. The first-order valence-electron chi connectivity index (χ1n) is 43.3. The zero-order valence-electron chi connectivity index (χ0n) is 72.8. The molecule has 0 unspecified atom stereocenters. The molecule has 129 heavy (non-hydrogen) atoms. The molecule has 4 aliphatic heterocycles. The summed E-state index contributed by atoms with van der Waals surface area (Å²) < 4.78 is 6.93. The predicted molar refractivity (Wildman–Crippen MR) is 466 cm³/mol. The molecule has 15 atom stereocenters. The third-order valence-electron chi connectivity index (χ3n) is 23.1. The van der Waals surface area contributed by atoms with E-state index in [4.69, 9.17) is 21.9 Å². The van der Waals surface area contributed by atoms with Gasteiger partial charge in [0.25, 0.3) is 0 Å². The molecule has 7 heterocycles. The number of tetrazole rings is 1. The summed E-state index contributed by atoms with van der Waals surface area (Å²) in [6.07, 6.45) is 2.16. The van der Waals surface area contributed by atoms with Gasteiger partial charge >= 0.3 is 0 Å². The Kier molecular flexibility index (Phi) is 35.4. The maximum Gasteiger partial charge on any atom is 0.248 e. The van der Waals surface area contributed by atoms with E-state index in [1.807, 2.05) is 32.0 Å². The van der Waals surface area contributed by atoms with E-state index >= 15 is 28.8 Å². The first-order valence-corrected chi connectivity index (χ1v) is 44.4. The molecule has 10 rings (SSSR count). The van der Waals surface area contributed by atoms with Crippen LogP contribution in [0.2, 0.25) is 0 Å². The molecule has 0 saturated carbocycles. The van der Waals surface area contributed by atoms with Crippen LogP contribution in [0.15, 0.2) is 85.2 Å². The molecule has 0 radical (unpaired) electrons. The number of fused-ring (bicyclic) bond motifs is 6. The standard InChI is InChI=1S/C85H117N23O20S/c1-7-9-20-64-78(120)92-46(5)73(115)100-63(74(116)91-39-70(88)113)43-129-44-71(114)93-59(31-47-23-25-50(110)26-24-47)82(124)106-28-29-128-42-68(106)81(123)97-60(35-69(87)112)83(125)105-27-15-22-65(105)79(121)98-61(36-86)76(118)96-58(30-45(3)4)84(126)107-40-51(111)34-67(107)80(122)95-57(33-49-38-90-55-19-14-12-17-53(49)55)75(117)99-62(41-109)77(119)94-56(32-48-37-89-54-18-13-11-16-52(48)54)72-101-102-103-108(72)66(21-10-8-2)85(127)104(64)6/h11-14,16-19,23-26,37-38,45-46,51,56-68,89-90,109-111H,7-10,15,20-22,27-36,39-44,86H2,1-6H3,(H2,87,112)(H2,88,113)(H,91,116)(H,92,120)(H,93,114)(H,94,119)(H,95,122)(H,96,118)(H,97,123)(H,98,121)(H,99,117)(H,100,115)/t46-,51+,56-,57-,58-,59-,60-,61-,62-,63-,64-,65-,66-,67-,68-/m0/s1. The summed E-state index contributed by atoms with van der Waals surface area (Å²) in [7, 11) is 1.39. The van der Waals surface area contributed by atoms with Crippen LogP contribution in [0.1, 0.15) is 140 Å². The maximum absolute atomic E-state index is 15.6. The number of rotatable bonds is 21. The summed E-state index contributed by atoms with van der Waals surface area (Å²) >= 11 is 0.790. The van der Waals surface area contributed by atoms with Crippen LogP contribution < -0.4 is 70.4 Å². The molecule has 16 amide bonds. The van der Waals surface area contributed by atoms with Gasteiger partial charge in [0.1, 0.15) is 84.3 Å². The van der Waals surface area contributed by atoms with Gasteiger partial charge in [-0.2, -0.15) is 0 Å². The lowest BCUT2D eigenvalue weighted by Crippen LogP contribution is -2.63. The Morgan fingerprint density at radius 1 is 0.605 bits per heavy atom. The number of likely N-dealkylation sites (N-methyl/N-ethyl adjacent to an activating group) is 1. The average molecular weight is 1810 g/mol. The Balaban J connectivity index is 1.000. The lowest BCUT2D eigenvalue weighted by Gasteiger charge is -2.37. The van der Waals surface area contributed by atoms with Crippen LogP contribution in [0.5, 0.6) is 5.75 Å². The van der Waals surface area contributed by atoms with Crippen molar-refractivity contribution in [2.24, 2.45) is 23.1 Å². The molecule has 3 aromatic heterocycles. The van der Waals surface area contributed by atoms with E-state index in [-0.39, 0.29) is 95.0 Å². The molecule has 43 nitrogen and oxygen atoms in total. The number of carbonyl (C=O) groups excluding carboxylic acids is 16. The Hall–Kier alpha value is -12.7. The van der Waals surface area contributed by atoms with E-state index in [0.717, 1.165) is 26.5 Å². The van der Waals surface area contributed by atoms with E-state index in [9.17, 15) is 63.3 Å². The van der Waals surface area contributed by atoms with Gasteiger partial charge in [-0.3, -0.25) is 76.7 Å². The van der Waals surface area contributed by atoms with E-state index in [0.29, 0.717) is 64.2 Å². The second kappa shape index (κ2) is 46.4. The van der Waals surface area contributed by atoms with Gasteiger partial charge in [-0.1, -0.05) is 102 Å². The van der Waals surface area contributed by atoms with Crippen LogP contribution in [0.25, 0.3) is 21.8 Å². The Morgan fingerprint density at radius 3 is 1.81 bits per heavy atom. The lowest BCUT2D eigenvalue weighted by atomic mass is 10.0. The van der Waals surface area contributed by atoms with Gasteiger partial charge in [-0.05, 0) is 96.3 Å². The quantitative estimate of drug-likeness (QED) is 0.0329. The van der Waals surface area contributed by atoms with Crippen LogP contribution in [-0.2, 0) is 101 Å². The van der Waals surface area contributed by atoms with Gasteiger partial charge in [-0.25, -0.2) is 4.68 Å². The fraction of sp³-hybridized carbons (Fsp3) is 0.541. The predicted octanol–water partition coefficient (Wildman–Crippen LogP) is -3.73. The van der Waals surface area contributed by atoms with Crippen LogP contribution in [0.3, 0.4) is 0 Å². The fourth-order valence-electron chi connectivity index (χ4n) is 16.3. The number of nitrogens with one attached hydrogen (secondary N) is 12. The first-order chi connectivity index (χ1) is 61.7. The van der Waals surface area contributed by atoms with E-state index in [1.54, 1.807) is 56.6 Å². The number of nitrogens with two attached hydrogens (primary N) is 3. The monoisotopic (exact) mass is 1810 g/mol. The summed E-state index contributed by atoms with van der Waals surface area (Å²) in [6, 6.07) is -1.23. The Bertz CT molecular complexity index is 5030. The zero-order valence-corrected chi connectivity index (χ0v) is 73.6. The number of carbonyl (C=O) groups is 16. The van der Waals surface area contributed by atoms with Crippen molar-refractivity contribution in [3.63, 3.8) is 0 Å². The summed E-state index contributed by atoms with van der Waals surface area (Å²) in [4.78, 5) is 243. The highest BCUT2D eigenvalue weighted by Crippen LogP contribution is 2.31. The number of thioether (sulfide) groups is 1. The van der Waals surface area contributed by atoms with Crippen molar-refractivity contribution >= 4 is 128 Å². The number of nitrogens with zero attached hydrogens (tertiary/aromatic N) is 8. The summed E-state index contributed by atoms with van der Waals surface area (Å²) in [5.41, 5.74) is 20.2. The highest BCUT2D eigenvalue weighted by atomic mass is 32.2. The van der Waals surface area contributed by atoms with Gasteiger partial charge in [0.15, 0.2) is 5.82 Å². The molecule has 4 aliphatic rings. The number of unbranched alkanes of at least 4 members (excludes halogenated alkanes) is 2. The van der Waals surface area contributed by atoms with Gasteiger partial charge in [0, 0.05) is 98.9 Å². The molecule has 698 valence electrons. The molecule has 6 aromatic rings. The lowest BCUT2D eigenvalue weighted by molar-refractivity contribution is -0.152. The number of benzene rings is 3. The number of phenols is 1. The number of phenolic OH excluding ortho intramolecular Hbond substituents is 1. The first kappa shape index (κ1) is 98.5. The minimum Gasteiger partial charge on any atom is -0.508 e. The van der Waals surface area contributed by atoms with E-state index in [1.165, 1.54) is 47.8 Å². The average Bonchev–Trinajstić information content (AvgIpc) is 1.66. The van der Waals surface area contributed by atoms with Gasteiger partial charge in [0.2, 0.25) is 94.5 Å². The highest BCUT2D eigenvalue weighted by molar-refractivity contribution is 8.00. The van der Waals surface area contributed by atoms with Crippen molar-refractivity contribution in [1.29, 1.82) is 0 Å². The SMILES string of the molecule is CCCC[C@H]1C(=O)N[C@@H](C)C(=O)N[C@H](C(=O)NCC(N)=O)CSCC(=O)N[C@@H](Cc2ccc(O)cc2)C(=O)N2CCOC[C@H]2C(=O)N[C@@H](CC(N)=O)C(=O)N2CCC[C@H]2C(=O)N[C@@H](CN)C(=O)N[C@@H](CC(C)C)C(=O)N2C[C@H](O)C[C@H]2C(=O)N[C@@H](Cc2c[nH]c3ccccc23)C(=O)N[C@@H](CO)C(=O)N[C@@H](Cc2c[nH]c3ccccc23)c2nnnn2[C@@H](CCCC)C(=O)N1C. The van der Waals surface area contributed by atoms with Crippen LogP contribution >= 0.6 is 11.8 Å². The number of amides is 16. The minimum atomic E-state index is -1.81. The molecular formula is C85H117N23O20S. The number of aliphatic hydroxyl groups excluding tert-OH is 2. The van der Waals surface area contributed by atoms with Crippen molar-refractivity contribution < 1.29 is 96.8 Å². The highest BCUT2D eigenvalue weighted by Gasteiger charge is 2.47. The van der Waals surface area contributed by atoms with Crippen molar-refractivity contribution in [3.8, 4) is 5.75 Å². The minimum absolute atomic E-state index is 0.0147. The Morgan fingerprint density at radius 2 is 1.17 bits per heavy atom. The number of hydrogen-bond acceptors (Lipinski definition) is 25. The van der Waals surface area contributed by atoms with Crippen LogP contribution in [-0.4, -0.2) is 309 Å². The number of ether oxygens (including phenoxy) is 1. The molecule has 3 aromatic carbocycles. The largest absolute Gasteiger partial charge is 0.508 e. The van der Waals surface area contributed by atoms with Crippen molar-refractivity contribution in [2.45, 2.75) is 215 Å². The van der Waals surface area contributed by atoms with Crippen molar-refractivity contribution in [3.05, 3.63) is 108 Å². The number of aliphatic hydroxyl groups is 2. The molecule has 0 spiro atoms. The number of para-hydroxylation sites is 2. The van der Waals surface area contributed by atoms with E-state index < -0.39 is 236 Å². The van der Waals surface area contributed by atoms with Gasteiger partial charge in [0.05, 0.1) is 50.7 Å². The van der Waals surface area contributed by atoms with Crippen LogP contribution in [0.4, 0.5) is 0 Å². The van der Waals surface area contributed by atoms with Crippen LogP contribution in [0, 0.1) is 5.92 Å². The number of aromatic amines is 2. The molecule has 3 fully saturated rings. The van der Waals surface area contributed by atoms with Crippen molar-refractivity contribution in [2.75, 3.05) is 71.1 Å². The normalized spacial score (nSPS) is 25.7. The number of hydrogen-bond donors (Lipinski definition) is 18. The molecule has 44 heteroatoms. The van der Waals surface area contributed by atoms with Gasteiger partial charge < -0.3 is 120 Å². The topological polar surface area (TPSA) is 630 Å². The third-order valence-corrected chi connectivity index (χ3v) is 24.2.